The highest BCUT2D eigenvalue weighted by Crippen LogP contribution is 2.27. The van der Waals surface area contributed by atoms with E-state index in [1.807, 2.05) is 68.1 Å². The molecule has 1 aromatic rings. The maximum absolute atomic E-state index is 13.5. The van der Waals surface area contributed by atoms with E-state index < -0.39 is 29.7 Å². The number of rotatable bonds is 10. The highest BCUT2D eigenvalue weighted by atomic mass is 32.2. The molecule has 3 amide bonds. The van der Waals surface area contributed by atoms with Gasteiger partial charge in [-0.2, -0.15) is 11.8 Å². The minimum atomic E-state index is -0.804. The van der Waals surface area contributed by atoms with Gasteiger partial charge >= 0.3 is 0 Å². The lowest BCUT2D eigenvalue weighted by Gasteiger charge is -2.37. The van der Waals surface area contributed by atoms with Crippen LogP contribution >= 0.6 is 11.8 Å². The van der Waals surface area contributed by atoms with Gasteiger partial charge in [-0.25, -0.2) is 10.5 Å². The molecule has 1 aromatic carbocycles. The van der Waals surface area contributed by atoms with Gasteiger partial charge in [0.15, 0.2) is 0 Å². The van der Waals surface area contributed by atoms with Crippen molar-refractivity contribution >= 4 is 35.6 Å². The molecule has 34 heavy (non-hydrogen) atoms. The zero-order valence-corrected chi connectivity index (χ0v) is 21.1. The molecule has 5 N–H and O–H groups in total. The van der Waals surface area contributed by atoms with Gasteiger partial charge in [0, 0.05) is 0 Å². The molecular formula is C25H38N4O4S. The van der Waals surface area contributed by atoms with E-state index in [2.05, 4.69) is 5.43 Å². The second-order valence-corrected chi connectivity index (χ2v) is 10.4. The van der Waals surface area contributed by atoms with Gasteiger partial charge in [-0.15, -0.1) is 0 Å². The van der Waals surface area contributed by atoms with Crippen LogP contribution in [0.5, 0.6) is 0 Å². The molecule has 1 heterocycles. The zero-order chi connectivity index (χ0) is 25.1. The molecule has 3 atom stereocenters. The number of nitrogens with two attached hydrogens (primary N) is 1. The molecule has 0 bridgehead atoms. The monoisotopic (exact) mass is 490 g/mol. The Labute approximate surface area is 206 Å². The molecule has 8 nitrogen and oxygen atoms in total. The lowest BCUT2D eigenvalue weighted by atomic mass is 9.82. The van der Waals surface area contributed by atoms with Gasteiger partial charge in [-0.1, -0.05) is 56.3 Å². The van der Waals surface area contributed by atoms with Crippen molar-refractivity contribution in [2.45, 2.75) is 58.5 Å². The predicted molar refractivity (Wildman–Crippen MR) is 135 cm³/mol. The fourth-order valence-electron chi connectivity index (χ4n) is 4.10. The van der Waals surface area contributed by atoms with E-state index in [-0.39, 0.29) is 24.3 Å². The molecule has 1 aliphatic heterocycles. The van der Waals surface area contributed by atoms with Crippen LogP contribution in [-0.2, 0) is 14.4 Å². The summed E-state index contributed by atoms with van der Waals surface area (Å²) in [6.07, 6.45) is 5.92. The molecule has 1 saturated heterocycles. The molecule has 0 unspecified atom stereocenters. The number of carbonyl (C=O) groups is 3. The summed E-state index contributed by atoms with van der Waals surface area (Å²) in [6.45, 7) is 5.54. The highest BCUT2D eigenvalue weighted by Gasteiger charge is 2.36. The summed E-state index contributed by atoms with van der Waals surface area (Å²) in [5, 5.41) is 10.8. The van der Waals surface area contributed by atoms with Gasteiger partial charge < -0.3 is 5.73 Å². The first kappa shape index (κ1) is 27.9. The fourth-order valence-corrected chi connectivity index (χ4v) is 5.19. The van der Waals surface area contributed by atoms with Crippen LogP contribution in [0.15, 0.2) is 36.4 Å². The zero-order valence-electron chi connectivity index (χ0n) is 20.3. The Morgan fingerprint density at radius 3 is 2.32 bits per heavy atom. The maximum Gasteiger partial charge on any atom is 0.257 e. The summed E-state index contributed by atoms with van der Waals surface area (Å²) in [6, 6.07) is 8.74. The lowest BCUT2D eigenvalue weighted by Crippen LogP contribution is -2.59. The number of nitrogens with zero attached hydrogens (tertiary/aromatic N) is 1. The van der Waals surface area contributed by atoms with Crippen LogP contribution in [-0.4, -0.2) is 51.5 Å². The Hall–Kier alpha value is -2.36. The number of benzene rings is 1. The first-order valence-corrected chi connectivity index (χ1v) is 13.0. The van der Waals surface area contributed by atoms with Crippen LogP contribution < -0.4 is 16.6 Å². The van der Waals surface area contributed by atoms with Crippen molar-refractivity contribution in [1.29, 1.82) is 0 Å². The van der Waals surface area contributed by atoms with Gasteiger partial charge in [0.1, 0.15) is 0 Å². The Kier molecular flexibility index (Phi) is 11.6. The summed E-state index contributed by atoms with van der Waals surface area (Å²) in [4.78, 5) is 39.0. The van der Waals surface area contributed by atoms with E-state index in [9.17, 15) is 19.6 Å². The van der Waals surface area contributed by atoms with Crippen molar-refractivity contribution < 1.29 is 19.6 Å². The number of hydrogen-bond donors (Lipinski definition) is 4. The predicted octanol–water partition coefficient (Wildman–Crippen LogP) is 2.98. The standard InChI is InChI=1S/C25H38N4O4S/c1-17(2)16-22(21(24(31)28-33)11-7-10-19-8-5-4-6-9-19)23(30)27-29(25(32)18(3)26)20-12-14-34-15-13-20/h4-10,17-18,20-22,33H,11-16,26H2,1-3H3,(H,27,30)(H,28,31)/t18-,21+,22-/m1/s1. The van der Waals surface area contributed by atoms with Crippen LogP contribution in [0.25, 0.3) is 6.08 Å². The first-order chi connectivity index (χ1) is 16.2. The smallest absolute Gasteiger partial charge is 0.257 e. The molecule has 9 heteroatoms. The Morgan fingerprint density at radius 2 is 1.76 bits per heavy atom. The molecule has 0 radical (unpaired) electrons. The second-order valence-electron chi connectivity index (χ2n) is 9.18. The molecule has 188 valence electrons. The van der Waals surface area contributed by atoms with Crippen molar-refractivity contribution in [3.05, 3.63) is 42.0 Å². The third-order valence-corrected chi connectivity index (χ3v) is 6.96. The van der Waals surface area contributed by atoms with Crippen LogP contribution in [0.2, 0.25) is 0 Å². The van der Waals surface area contributed by atoms with E-state index in [4.69, 9.17) is 5.73 Å². The molecule has 0 saturated carbocycles. The normalized spacial score (nSPS) is 17.2. The average molecular weight is 491 g/mol. The quantitative estimate of drug-likeness (QED) is 0.295. The Bertz CT molecular complexity index is 825. The summed E-state index contributed by atoms with van der Waals surface area (Å²) in [5.74, 6) is -1.01. The number of hydroxylamine groups is 1. The number of amides is 3. The molecule has 0 aliphatic carbocycles. The molecule has 1 aliphatic rings. The number of hydrazine groups is 1. The molecule has 0 aromatic heterocycles. The van der Waals surface area contributed by atoms with Gasteiger partial charge in [-0.05, 0) is 55.6 Å². The van der Waals surface area contributed by atoms with Gasteiger partial charge in [0.05, 0.1) is 23.9 Å². The van der Waals surface area contributed by atoms with Gasteiger partial charge in [0.2, 0.25) is 11.8 Å². The fraction of sp³-hybridized carbons (Fsp3) is 0.560. The van der Waals surface area contributed by atoms with Crippen molar-refractivity contribution in [2.24, 2.45) is 23.5 Å². The summed E-state index contributed by atoms with van der Waals surface area (Å²) >= 11 is 1.82. The number of allylic oxidation sites excluding steroid dienone is 1. The SMILES string of the molecule is CC(C)C[C@@H](C(=O)NN(C(=O)[C@@H](C)N)C1CCSCC1)[C@H](CC=Cc1ccccc1)C(=O)NO. The van der Waals surface area contributed by atoms with E-state index >= 15 is 0 Å². The third-order valence-electron chi connectivity index (χ3n) is 5.91. The number of hydrogen-bond acceptors (Lipinski definition) is 6. The van der Waals surface area contributed by atoms with Crippen molar-refractivity contribution in [3.63, 3.8) is 0 Å². The molecular weight excluding hydrogens is 452 g/mol. The van der Waals surface area contributed by atoms with Crippen molar-refractivity contribution in [1.82, 2.24) is 15.9 Å². The van der Waals surface area contributed by atoms with Gasteiger partial charge in [0.25, 0.3) is 5.91 Å². The average Bonchev–Trinajstić information content (AvgIpc) is 2.84. The number of carbonyl (C=O) groups excluding carboxylic acids is 3. The summed E-state index contributed by atoms with van der Waals surface area (Å²) < 4.78 is 0. The van der Waals surface area contributed by atoms with E-state index in [1.165, 1.54) is 5.01 Å². The van der Waals surface area contributed by atoms with Crippen molar-refractivity contribution in [2.75, 3.05) is 11.5 Å². The van der Waals surface area contributed by atoms with E-state index in [1.54, 1.807) is 12.4 Å². The molecule has 1 fully saturated rings. The first-order valence-electron chi connectivity index (χ1n) is 11.9. The molecule has 2 rings (SSSR count). The Morgan fingerprint density at radius 1 is 1.12 bits per heavy atom. The van der Waals surface area contributed by atoms with Crippen LogP contribution in [0.3, 0.4) is 0 Å². The minimum Gasteiger partial charge on any atom is -0.320 e. The maximum atomic E-state index is 13.5. The lowest BCUT2D eigenvalue weighted by molar-refractivity contribution is -0.150. The number of nitrogens with one attached hydrogen (secondary N) is 2. The van der Waals surface area contributed by atoms with Crippen molar-refractivity contribution in [3.8, 4) is 0 Å². The van der Waals surface area contributed by atoms with Crippen LogP contribution in [0.1, 0.15) is 52.0 Å². The second kappa shape index (κ2) is 14.1. The highest BCUT2D eigenvalue weighted by molar-refractivity contribution is 7.99. The number of thioether (sulfide) groups is 1. The van der Waals surface area contributed by atoms with E-state index in [0.29, 0.717) is 6.42 Å². The largest absolute Gasteiger partial charge is 0.320 e. The Balaban J connectivity index is 2.26. The minimum absolute atomic E-state index is 0.117. The summed E-state index contributed by atoms with van der Waals surface area (Å²) in [5.41, 5.74) is 11.4. The third kappa shape index (κ3) is 8.45. The molecule has 0 spiro atoms. The van der Waals surface area contributed by atoms with Crippen LogP contribution in [0.4, 0.5) is 0 Å². The topological polar surface area (TPSA) is 125 Å². The van der Waals surface area contributed by atoms with Gasteiger partial charge in [-0.3, -0.25) is 25.0 Å². The van der Waals surface area contributed by atoms with Crippen LogP contribution in [0, 0.1) is 17.8 Å². The summed E-state index contributed by atoms with van der Waals surface area (Å²) in [7, 11) is 0. The van der Waals surface area contributed by atoms with E-state index in [0.717, 1.165) is 29.9 Å².